The van der Waals surface area contributed by atoms with Crippen LogP contribution in [0.25, 0.3) is 0 Å². The first-order valence-corrected chi connectivity index (χ1v) is 5.44. The van der Waals surface area contributed by atoms with Crippen LogP contribution >= 0.6 is 0 Å². The third-order valence-corrected chi connectivity index (χ3v) is 2.69. The van der Waals surface area contributed by atoms with Gasteiger partial charge in [0, 0.05) is 0 Å². The molecule has 1 fully saturated rings. The molecule has 1 aliphatic rings. The summed E-state index contributed by atoms with van der Waals surface area (Å²) in [6, 6.07) is 0. The Hall–Kier alpha value is -0.570. The largest absolute Gasteiger partial charge is 0.465 e. The highest BCUT2D eigenvalue weighted by atomic mass is 16.5. The van der Waals surface area contributed by atoms with Crippen molar-refractivity contribution in [2.24, 2.45) is 11.8 Å². The van der Waals surface area contributed by atoms with Crippen molar-refractivity contribution in [1.29, 1.82) is 0 Å². The molecule has 0 spiro atoms. The molecule has 1 N–H and O–H groups in total. The van der Waals surface area contributed by atoms with E-state index >= 15 is 0 Å². The number of aliphatic hydroxyl groups is 1. The van der Waals surface area contributed by atoms with Crippen molar-refractivity contribution in [3.63, 3.8) is 0 Å². The third-order valence-electron chi connectivity index (χ3n) is 2.69. The second kappa shape index (κ2) is 5.35. The fourth-order valence-electron chi connectivity index (χ4n) is 1.78. The highest BCUT2D eigenvalue weighted by molar-refractivity contribution is 5.71. The fourth-order valence-corrected chi connectivity index (χ4v) is 1.78. The molecule has 3 heteroatoms. The molecule has 1 unspecified atom stereocenters. The summed E-state index contributed by atoms with van der Waals surface area (Å²) < 4.78 is 5.14. The van der Waals surface area contributed by atoms with Gasteiger partial charge in [-0.3, -0.25) is 4.79 Å². The summed E-state index contributed by atoms with van der Waals surface area (Å²) in [6.07, 6.45) is 3.61. The van der Waals surface area contributed by atoms with E-state index in [1.807, 2.05) is 13.8 Å². The molecular formula is C11H20O3. The van der Waals surface area contributed by atoms with E-state index in [1.54, 1.807) is 0 Å². The Kier molecular flexibility index (Phi) is 4.39. The van der Waals surface area contributed by atoms with Gasteiger partial charge in [-0.2, -0.15) is 0 Å². The van der Waals surface area contributed by atoms with Gasteiger partial charge in [-0.05, 0) is 25.2 Å². The zero-order valence-electron chi connectivity index (χ0n) is 9.03. The standard InChI is InChI=1S/C11H20O3/c1-8(2)11(13)14-7-9-4-3-5-10(12)6-9/h8-10,12H,3-7H2,1-2H3/t9?,10-/m1/s1. The van der Waals surface area contributed by atoms with E-state index < -0.39 is 0 Å². The number of ether oxygens (including phenoxy) is 1. The number of aliphatic hydroxyl groups excluding tert-OH is 1. The van der Waals surface area contributed by atoms with Gasteiger partial charge in [0.1, 0.15) is 0 Å². The van der Waals surface area contributed by atoms with Gasteiger partial charge in [-0.1, -0.05) is 20.3 Å². The fraction of sp³-hybridized carbons (Fsp3) is 0.909. The Balaban J connectivity index is 2.20. The first-order valence-electron chi connectivity index (χ1n) is 5.44. The smallest absolute Gasteiger partial charge is 0.308 e. The molecule has 0 aromatic rings. The van der Waals surface area contributed by atoms with Crippen molar-refractivity contribution in [2.75, 3.05) is 6.61 Å². The first kappa shape index (κ1) is 11.5. The van der Waals surface area contributed by atoms with Crippen molar-refractivity contribution < 1.29 is 14.6 Å². The van der Waals surface area contributed by atoms with Crippen LogP contribution in [0.15, 0.2) is 0 Å². The molecule has 0 heterocycles. The summed E-state index contributed by atoms with van der Waals surface area (Å²) in [5.41, 5.74) is 0. The zero-order chi connectivity index (χ0) is 10.6. The topological polar surface area (TPSA) is 46.5 Å². The Morgan fingerprint density at radius 3 is 2.79 bits per heavy atom. The monoisotopic (exact) mass is 200 g/mol. The lowest BCUT2D eigenvalue weighted by atomic mass is 9.88. The summed E-state index contributed by atoms with van der Waals surface area (Å²) in [7, 11) is 0. The highest BCUT2D eigenvalue weighted by Crippen LogP contribution is 2.24. The van der Waals surface area contributed by atoms with E-state index in [1.165, 1.54) is 0 Å². The van der Waals surface area contributed by atoms with Gasteiger partial charge in [0.2, 0.25) is 0 Å². The maximum atomic E-state index is 11.2. The van der Waals surface area contributed by atoms with Crippen LogP contribution in [0.3, 0.4) is 0 Å². The summed E-state index contributed by atoms with van der Waals surface area (Å²) in [6.45, 7) is 4.14. The molecule has 0 radical (unpaired) electrons. The molecule has 1 rings (SSSR count). The summed E-state index contributed by atoms with van der Waals surface area (Å²) in [4.78, 5) is 11.2. The lowest BCUT2D eigenvalue weighted by Crippen LogP contribution is -2.25. The number of rotatable bonds is 3. The molecular weight excluding hydrogens is 180 g/mol. The number of carbonyl (C=O) groups excluding carboxylic acids is 1. The van der Waals surface area contributed by atoms with Crippen molar-refractivity contribution >= 4 is 5.97 Å². The zero-order valence-corrected chi connectivity index (χ0v) is 9.03. The lowest BCUT2D eigenvalue weighted by Gasteiger charge is -2.25. The van der Waals surface area contributed by atoms with E-state index in [4.69, 9.17) is 4.74 Å². The van der Waals surface area contributed by atoms with Crippen molar-refractivity contribution in [3.8, 4) is 0 Å². The Morgan fingerprint density at radius 1 is 1.50 bits per heavy atom. The SMILES string of the molecule is CC(C)C(=O)OCC1CCC[C@@H](O)C1. The summed E-state index contributed by atoms with van der Waals surface area (Å²) in [5.74, 6) is 0.176. The Labute approximate surface area is 85.5 Å². The van der Waals surface area contributed by atoms with Crippen LogP contribution < -0.4 is 0 Å². The van der Waals surface area contributed by atoms with Gasteiger partial charge >= 0.3 is 5.97 Å². The summed E-state index contributed by atoms with van der Waals surface area (Å²) in [5, 5.41) is 9.41. The van der Waals surface area contributed by atoms with Gasteiger partial charge in [0.25, 0.3) is 0 Å². The second-order valence-electron chi connectivity index (χ2n) is 4.47. The van der Waals surface area contributed by atoms with Gasteiger partial charge in [0.05, 0.1) is 18.6 Å². The average Bonchev–Trinajstić information content (AvgIpc) is 2.14. The van der Waals surface area contributed by atoms with Crippen LogP contribution in [-0.2, 0) is 9.53 Å². The van der Waals surface area contributed by atoms with E-state index in [2.05, 4.69) is 0 Å². The molecule has 82 valence electrons. The normalized spacial score (nSPS) is 27.7. The van der Waals surface area contributed by atoms with Crippen molar-refractivity contribution in [2.45, 2.75) is 45.6 Å². The predicted molar refractivity (Wildman–Crippen MR) is 53.8 cm³/mol. The number of hydrogen-bond donors (Lipinski definition) is 1. The maximum absolute atomic E-state index is 11.2. The summed E-state index contributed by atoms with van der Waals surface area (Å²) >= 11 is 0. The highest BCUT2D eigenvalue weighted by Gasteiger charge is 2.21. The molecule has 14 heavy (non-hydrogen) atoms. The van der Waals surface area contributed by atoms with Gasteiger partial charge < -0.3 is 9.84 Å². The van der Waals surface area contributed by atoms with E-state index in [-0.39, 0.29) is 18.0 Å². The van der Waals surface area contributed by atoms with E-state index in [0.717, 1.165) is 25.7 Å². The Morgan fingerprint density at radius 2 is 2.21 bits per heavy atom. The quantitative estimate of drug-likeness (QED) is 0.706. The molecule has 0 aliphatic heterocycles. The number of carbonyl (C=O) groups is 1. The molecule has 1 saturated carbocycles. The molecule has 3 nitrogen and oxygen atoms in total. The van der Waals surface area contributed by atoms with Gasteiger partial charge in [0.15, 0.2) is 0 Å². The van der Waals surface area contributed by atoms with Crippen LogP contribution in [0.2, 0.25) is 0 Å². The first-order chi connectivity index (χ1) is 6.59. The van der Waals surface area contributed by atoms with Crippen LogP contribution in [0.1, 0.15) is 39.5 Å². The van der Waals surface area contributed by atoms with Crippen LogP contribution in [0, 0.1) is 11.8 Å². The van der Waals surface area contributed by atoms with Crippen LogP contribution in [0.5, 0.6) is 0 Å². The Bertz CT molecular complexity index is 189. The maximum Gasteiger partial charge on any atom is 0.308 e. The van der Waals surface area contributed by atoms with Crippen LogP contribution in [-0.4, -0.2) is 23.8 Å². The average molecular weight is 200 g/mol. The van der Waals surface area contributed by atoms with Crippen molar-refractivity contribution in [1.82, 2.24) is 0 Å². The molecule has 0 saturated heterocycles. The minimum Gasteiger partial charge on any atom is -0.465 e. The van der Waals surface area contributed by atoms with Crippen LogP contribution in [0.4, 0.5) is 0 Å². The minimum absolute atomic E-state index is 0.0523. The lowest BCUT2D eigenvalue weighted by molar-refractivity contribution is -0.149. The molecule has 1 aliphatic carbocycles. The molecule has 0 bridgehead atoms. The van der Waals surface area contributed by atoms with Crippen molar-refractivity contribution in [3.05, 3.63) is 0 Å². The predicted octanol–water partition coefficient (Wildman–Crippen LogP) is 1.74. The van der Waals surface area contributed by atoms with E-state index in [0.29, 0.717) is 12.5 Å². The minimum atomic E-state index is -0.188. The number of esters is 1. The third kappa shape index (κ3) is 3.66. The molecule has 0 aromatic carbocycles. The molecule has 2 atom stereocenters. The molecule has 0 aromatic heterocycles. The molecule has 0 amide bonds. The number of hydrogen-bond acceptors (Lipinski definition) is 3. The van der Waals surface area contributed by atoms with E-state index in [9.17, 15) is 9.90 Å². The van der Waals surface area contributed by atoms with Gasteiger partial charge in [-0.25, -0.2) is 0 Å². The van der Waals surface area contributed by atoms with Gasteiger partial charge in [-0.15, -0.1) is 0 Å². The second-order valence-corrected chi connectivity index (χ2v) is 4.47.